The van der Waals surface area contributed by atoms with Crippen LogP contribution < -0.4 is 0 Å². The molecule has 0 fully saturated rings. The molecule has 1 amide bonds. The minimum atomic E-state index is -1.25. The van der Waals surface area contributed by atoms with E-state index in [4.69, 9.17) is 10.3 Å². The number of aliphatic carboxylic acids is 1. The molecule has 0 bridgehead atoms. The van der Waals surface area contributed by atoms with Crippen molar-refractivity contribution in [2.45, 2.75) is 13.0 Å². The zero-order chi connectivity index (χ0) is 7.44. The van der Waals surface area contributed by atoms with Crippen molar-refractivity contribution < 1.29 is 19.9 Å². The van der Waals surface area contributed by atoms with E-state index in [9.17, 15) is 9.59 Å². The van der Waals surface area contributed by atoms with Crippen LogP contribution in [0.5, 0.6) is 0 Å². The average molecular weight is 157 g/mol. The van der Waals surface area contributed by atoms with Crippen LogP contribution in [0.2, 0.25) is 0 Å². The van der Waals surface area contributed by atoms with Crippen LogP contribution in [0.1, 0.15) is 6.92 Å². The van der Waals surface area contributed by atoms with Crippen LogP contribution in [0.3, 0.4) is 0 Å². The summed E-state index contributed by atoms with van der Waals surface area (Å²) in [6.45, 7) is 1.19. The molecule has 0 aliphatic heterocycles. The van der Waals surface area contributed by atoms with Gasteiger partial charge in [-0.05, 0) is 6.92 Å². The minimum absolute atomic E-state index is 0. The van der Waals surface area contributed by atoms with Crippen molar-refractivity contribution in [3.05, 3.63) is 0 Å². The van der Waals surface area contributed by atoms with Crippen LogP contribution in [0, 0.1) is 0 Å². The molecular weight excluding hydrogens is 149 g/mol. The van der Waals surface area contributed by atoms with Crippen LogP contribution in [-0.4, -0.2) is 63.4 Å². The molecule has 2 N–H and O–H groups in total. The first-order valence-corrected chi connectivity index (χ1v) is 2.25. The number of carbonyl (C=O) groups excluding carboxylic acids is 1. The summed E-state index contributed by atoms with van der Waals surface area (Å²) in [7, 11) is 0. The first-order chi connectivity index (χ1) is 4.09. The van der Waals surface area contributed by atoms with Crippen LogP contribution in [-0.2, 0) is 9.59 Å². The number of nitrogens with zero attached hydrogens (tertiary/aromatic N) is 1. The van der Waals surface area contributed by atoms with Crippen molar-refractivity contribution in [2.75, 3.05) is 0 Å². The van der Waals surface area contributed by atoms with Crippen LogP contribution in [0.4, 0.5) is 0 Å². The van der Waals surface area contributed by atoms with Gasteiger partial charge in [0.15, 0.2) is 6.04 Å². The second kappa shape index (κ2) is 5.67. The van der Waals surface area contributed by atoms with E-state index < -0.39 is 12.0 Å². The molecule has 0 rings (SSSR count). The van der Waals surface area contributed by atoms with E-state index >= 15 is 0 Å². The van der Waals surface area contributed by atoms with Crippen molar-refractivity contribution >= 4 is 41.9 Å². The zero-order valence-electron chi connectivity index (χ0n) is 4.81. The predicted octanol–water partition coefficient (Wildman–Crippen LogP) is -1.34. The summed E-state index contributed by atoms with van der Waals surface area (Å²) in [6, 6.07) is -1.18. The first kappa shape index (κ1) is 12.6. The third-order valence-corrected chi connectivity index (χ3v) is 0.862. The fourth-order valence-electron chi connectivity index (χ4n) is 0.204. The maximum absolute atomic E-state index is 9.94. The SMILES string of the molecule is C[C@@H](C(=O)O)N(O)C=O.[NaH]. The molecule has 0 aliphatic rings. The number of hydrogen-bond donors (Lipinski definition) is 2. The first-order valence-electron chi connectivity index (χ1n) is 2.25. The number of carboxylic acid groups (broad SMARTS) is 1. The maximum atomic E-state index is 9.94. The molecule has 54 valence electrons. The van der Waals surface area contributed by atoms with Gasteiger partial charge in [-0.15, -0.1) is 0 Å². The summed E-state index contributed by atoms with van der Waals surface area (Å²) in [5.74, 6) is -1.25. The monoisotopic (exact) mass is 157 g/mol. The number of hydrogen-bond acceptors (Lipinski definition) is 3. The molecular formula is C4H8NNaO4. The molecule has 0 unspecified atom stereocenters. The van der Waals surface area contributed by atoms with E-state index in [1.165, 1.54) is 6.92 Å². The van der Waals surface area contributed by atoms with E-state index in [-0.39, 0.29) is 41.0 Å². The van der Waals surface area contributed by atoms with E-state index in [0.717, 1.165) is 0 Å². The Morgan fingerprint density at radius 1 is 1.70 bits per heavy atom. The molecule has 0 aromatic carbocycles. The molecule has 6 heteroatoms. The van der Waals surface area contributed by atoms with Crippen molar-refractivity contribution in [1.82, 2.24) is 5.06 Å². The summed E-state index contributed by atoms with van der Waals surface area (Å²) < 4.78 is 0. The Morgan fingerprint density at radius 3 is 2.20 bits per heavy atom. The number of carboxylic acids is 1. The molecule has 5 nitrogen and oxygen atoms in total. The van der Waals surface area contributed by atoms with E-state index in [0.29, 0.717) is 0 Å². The summed E-state index contributed by atoms with van der Waals surface area (Å²) in [5, 5.41) is 16.6. The average Bonchev–Trinajstić information content (AvgIpc) is 1.84. The van der Waals surface area contributed by atoms with Gasteiger partial charge in [0.2, 0.25) is 6.41 Å². The Bertz CT molecular complexity index is 128. The summed E-state index contributed by atoms with van der Waals surface area (Å²) in [4.78, 5) is 19.6. The fraction of sp³-hybridized carbons (Fsp3) is 0.500. The van der Waals surface area contributed by atoms with Crippen LogP contribution in [0.15, 0.2) is 0 Å². The number of rotatable bonds is 3. The third kappa shape index (κ3) is 3.84. The van der Waals surface area contributed by atoms with Crippen molar-refractivity contribution in [1.29, 1.82) is 0 Å². The van der Waals surface area contributed by atoms with Gasteiger partial charge in [-0.25, -0.2) is 9.86 Å². The van der Waals surface area contributed by atoms with E-state index in [1.54, 1.807) is 0 Å². The Morgan fingerprint density at radius 2 is 2.10 bits per heavy atom. The molecule has 10 heavy (non-hydrogen) atoms. The van der Waals surface area contributed by atoms with Gasteiger partial charge in [0.05, 0.1) is 0 Å². The third-order valence-electron chi connectivity index (χ3n) is 0.862. The second-order valence-corrected chi connectivity index (χ2v) is 1.50. The van der Waals surface area contributed by atoms with Gasteiger partial charge < -0.3 is 5.11 Å². The second-order valence-electron chi connectivity index (χ2n) is 1.50. The Balaban J connectivity index is 0. The van der Waals surface area contributed by atoms with Gasteiger partial charge in [-0.1, -0.05) is 0 Å². The van der Waals surface area contributed by atoms with Crippen molar-refractivity contribution in [3.8, 4) is 0 Å². The van der Waals surface area contributed by atoms with Crippen LogP contribution in [0.25, 0.3) is 0 Å². The standard InChI is InChI=1S/C4H7NO4.Na.H/c1-3(4(7)8)5(9)2-6;;/h2-3,9H,1H3,(H,7,8);;/t3-;;/m0../s1. The van der Waals surface area contributed by atoms with Crippen molar-refractivity contribution in [3.63, 3.8) is 0 Å². The molecule has 0 aromatic heterocycles. The van der Waals surface area contributed by atoms with Gasteiger partial charge in [0.1, 0.15) is 0 Å². The molecule has 1 atom stereocenters. The molecule has 0 saturated heterocycles. The molecule has 0 radical (unpaired) electrons. The van der Waals surface area contributed by atoms with E-state index in [2.05, 4.69) is 0 Å². The van der Waals surface area contributed by atoms with Gasteiger partial charge >= 0.3 is 35.5 Å². The normalized spacial score (nSPS) is 11.0. The van der Waals surface area contributed by atoms with Gasteiger partial charge in [0, 0.05) is 0 Å². The van der Waals surface area contributed by atoms with Gasteiger partial charge in [-0.2, -0.15) is 0 Å². The number of hydroxylamine groups is 2. The molecule has 0 saturated carbocycles. The molecule has 0 spiro atoms. The quantitative estimate of drug-likeness (QED) is 0.230. The number of carbonyl (C=O) groups is 2. The zero-order valence-corrected chi connectivity index (χ0v) is 4.81. The molecule has 0 aliphatic carbocycles. The Labute approximate surface area is 79.9 Å². The van der Waals surface area contributed by atoms with Crippen molar-refractivity contribution in [2.24, 2.45) is 0 Å². The van der Waals surface area contributed by atoms with Gasteiger partial charge in [-0.3, -0.25) is 10.0 Å². The molecule has 0 heterocycles. The Kier molecular flexibility index (Phi) is 7.12. The predicted molar refractivity (Wildman–Crippen MR) is 33.9 cm³/mol. The summed E-state index contributed by atoms with van der Waals surface area (Å²) in [5.41, 5.74) is 0. The fourth-order valence-corrected chi connectivity index (χ4v) is 0.204. The number of amides is 1. The molecule has 0 aromatic rings. The van der Waals surface area contributed by atoms with Gasteiger partial charge in [0.25, 0.3) is 0 Å². The summed E-state index contributed by atoms with van der Waals surface area (Å²) >= 11 is 0. The summed E-state index contributed by atoms with van der Waals surface area (Å²) in [6.07, 6.45) is 0.0405. The Hall–Kier alpha value is -0.100. The van der Waals surface area contributed by atoms with E-state index in [1.807, 2.05) is 0 Å². The topological polar surface area (TPSA) is 77.8 Å². The van der Waals surface area contributed by atoms with Crippen LogP contribution >= 0.6 is 0 Å².